The van der Waals surface area contributed by atoms with E-state index in [1.54, 1.807) is 0 Å². The Morgan fingerprint density at radius 1 is 1.12 bits per heavy atom. The number of carbonyl (C=O) groups is 1. The van der Waals surface area contributed by atoms with Crippen LogP contribution in [0.4, 0.5) is 11.4 Å². The molecule has 3 heterocycles. The maximum absolute atomic E-state index is 13.1. The van der Waals surface area contributed by atoms with Crippen molar-refractivity contribution in [2.75, 3.05) is 17.6 Å². The molecule has 0 fully saturated rings. The average molecular weight is 443 g/mol. The van der Waals surface area contributed by atoms with Gasteiger partial charge in [0.25, 0.3) is 5.91 Å². The highest BCUT2D eigenvalue weighted by Crippen LogP contribution is 2.36. The number of nitrogens with two attached hydrogens (primary N) is 1. The van der Waals surface area contributed by atoms with Gasteiger partial charge in [-0.2, -0.15) is 0 Å². The minimum Gasteiger partial charge on any atom is -0.397 e. The van der Waals surface area contributed by atoms with E-state index in [2.05, 4.69) is 40.5 Å². The number of pyridine rings is 1. The minimum atomic E-state index is -0.174. The number of benzene rings is 2. The molecule has 1 aliphatic heterocycles. The molecule has 0 aliphatic carbocycles. The smallest absolute Gasteiger partial charge is 0.267 e. The summed E-state index contributed by atoms with van der Waals surface area (Å²) in [5, 5.41) is 3.93. The number of anilines is 2. The maximum Gasteiger partial charge on any atom is 0.267 e. The number of aromatic nitrogens is 1. The summed E-state index contributed by atoms with van der Waals surface area (Å²) in [7, 11) is 0. The van der Waals surface area contributed by atoms with Crippen LogP contribution in [-0.4, -0.2) is 22.3 Å². The third-order valence-electron chi connectivity index (χ3n) is 6.12. The van der Waals surface area contributed by atoms with E-state index in [1.807, 2.05) is 38.1 Å². The fraction of sp³-hybridized carbons (Fsp3) is 0.231. The van der Waals surface area contributed by atoms with Crippen molar-refractivity contribution in [1.29, 1.82) is 0 Å². The maximum atomic E-state index is 13.1. The molecule has 2 aromatic heterocycles. The average Bonchev–Trinajstić information content (AvgIpc) is 3.11. The number of hydrogen-bond acceptors (Lipinski definition) is 5. The second kappa shape index (κ2) is 8.37. The lowest BCUT2D eigenvalue weighted by molar-refractivity contribution is 0.103. The molecule has 162 valence electrons. The number of thiophene rings is 1. The van der Waals surface area contributed by atoms with Gasteiger partial charge in [0.05, 0.1) is 5.69 Å². The number of fused-ring (bicyclic) bond motifs is 2. The van der Waals surface area contributed by atoms with Crippen LogP contribution in [0.5, 0.6) is 0 Å². The first-order valence-electron chi connectivity index (χ1n) is 10.8. The summed E-state index contributed by atoms with van der Waals surface area (Å²) < 4.78 is 0. The predicted octanol–water partition coefficient (Wildman–Crippen LogP) is 5.31. The van der Waals surface area contributed by atoms with Gasteiger partial charge in [0, 0.05) is 42.8 Å². The molecular formula is C26H26N4OS. The summed E-state index contributed by atoms with van der Waals surface area (Å²) in [4.78, 5) is 21.8. The Morgan fingerprint density at radius 3 is 2.62 bits per heavy atom. The van der Waals surface area contributed by atoms with Crippen molar-refractivity contribution in [2.45, 2.75) is 33.4 Å². The molecule has 3 N–H and O–H groups in total. The number of hydrogen-bond donors (Lipinski definition) is 2. The van der Waals surface area contributed by atoms with Crippen LogP contribution in [0, 0.1) is 13.8 Å². The van der Waals surface area contributed by atoms with E-state index in [4.69, 9.17) is 10.7 Å². The van der Waals surface area contributed by atoms with Crippen LogP contribution < -0.4 is 11.1 Å². The number of nitrogens with one attached hydrogen (secondary N) is 1. The highest BCUT2D eigenvalue weighted by molar-refractivity contribution is 7.21. The number of para-hydroxylation sites is 1. The molecule has 0 radical (unpaired) electrons. The minimum absolute atomic E-state index is 0.174. The van der Waals surface area contributed by atoms with Crippen molar-refractivity contribution in [1.82, 2.24) is 9.88 Å². The number of carbonyl (C=O) groups excluding carboxylic acids is 1. The molecule has 0 saturated carbocycles. The first-order chi connectivity index (χ1) is 15.5. The molecule has 0 spiro atoms. The standard InChI is InChI=1S/C26H26N4OS/c1-16-7-6-8-17(2)23(16)29-25(31)24-22(27)20-13-19-15-30(14-18-9-4-3-5-10-18)12-11-21(19)28-26(20)32-24/h3-10,13H,11-12,14-15,27H2,1-2H3,(H,29,31). The van der Waals surface area contributed by atoms with Gasteiger partial charge >= 0.3 is 0 Å². The summed E-state index contributed by atoms with van der Waals surface area (Å²) in [5.74, 6) is -0.174. The molecule has 0 atom stereocenters. The van der Waals surface area contributed by atoms with E-state index in [-0.39, 0.29) is 5.91 Å². The Balaban J connectivity index is 1.42. The molecule has 1 aliphatic rings. The second-order valence-electron chi connectivity index (χ2n) is 8.46. The van der Waals surface area contributed by atoms with Crippen molar-refractivity contribution in [3.05, 3.63) is 87.4 Å². The predicted molar refractivity (Wildman–Crippen MR) is 132 cm³/mol. The third-order valence-corrected chi connectivity index (χ3v) is 7.24. The van der Waals surface area contributed by atoms with Crippen LogP contribution >= 0.6 is 11.3 Å². The molecule has 2 aromatic carbocycles. The summed E-state index contributed by atoms with van der Waals surface area (Å²) in [6.07, 6.45) is 0.903. The Kier molecular flexibility index (Phi) is 5.41. The second-order valence-corrected chi connectivity index (χ2v) is 9.46. The van der Waals surface area contributed by atoms with Crippen LogP contribution in [0.1, 0.15) is 37.6 Å². The Bertz CT molecular complexity index is 1290. The topological polar surface area (TPSA) is 71.2 Å². The van der Waals surface area contributed by atoms with Gasteiger partial charge in [0.15, 0.2) is 0 Å². The molecule has 0 bridgehead atoms. The van der Waals surface area contributed by atoms with Crippen molar-refractivity contribution >= 4 is 38.8 Å². The number of nitrogens with zero attached hydrogens (tertiary/aromatic N) is 2. The molecule has 1 amide bonds. The molecule has 32 heavy (non-hydrogen) atoms. The molecular weight excluding hydrogens is 416 g/mol. The Hall–Kier alpha value is -3.22. The number of amides is 1. The SMILES string of the molecule is Cc1cccc(C)c1NC(=O)c1sc2nc3c(cc2c1N)CN(Cc1ccccc1)CC3. The molecule has 5 nitrogen and oxygen atoms in total. The summed E-state index contributed by atoms with van der Waals surface area (Å²) >= 11 is 1.38. The normalized spacial score (nSPS) is 13.8. The lowest BCUT2D eigenvalue weighted by Crippen LogP contribution is -2.30. The largest absolute Gasteiger partial charge is 0.397 e. The van der Waals surface area contributed by atoms with Gasteiger partial charge in [-0.15, -0.1) is 11.3 Å². The van der Waals surface area contributed by atoms with Crippen molar-refractivity contribution in [3.63, 3.8) is 0 Å². The van der Waals surface area contributed by atoms with Crippen molar-refractivity contribution < 1.29 is 4.79 Å². The number of aryl methyl sites for hydroxylation is 2. The zero-order valence-corrected chi connectivity index (χ0v) is 19.1. The molecule has 4 aromatic rings. The summed E-state index contributed by atoms with van der Waals surface area (Å²) in [6.45, 7) is 6.72. The Labute approximate surface area is 191 Å². The van der Waals surface area contributed by atoms with E-state index in [0.717, 1.165) is 58.8 Å². The third kappa shape index (κ3) is 3.87. The van der Waals surface area contributed by atoms with Crippen LogP contribution in [0.25, 0.3) is 10.2 Å². The number of nitrogen functional groups attached to an aromatic ring is 1. The van der Waals surface area contributed by atoms with Crippen molar-refractivity contribution in [3.8, 4) is 0 Å². The van der Waals surface area contributed by atoms with E-state index < -0.39 is 0 Å². The van der Waals surface area contributed by atoms with E-state index >= 15 is 0 Å². The zero-order valence-electron chi connectivity index (χ0n) is 18.3. The first kappa shape index (κ1) is 20.7. The quantitative estimate of drug-likeness (QED) is 0.450. The summed E-state index contributed by atoms with van der Waals surface area (Å²) in [6, 6.07) is 18.6. The molecule has 5 rings (SSSR count). The highest BCUT2D eigenvalue weighted by Gasteiger charge is 2.23. The van der Waals surface area contributed by atoms with Gasteiger partial charge in [-0.1, -0.05) is 48.5 Å². The number of rotatable bonds is 4. The monoisotopic (exact) mass is 442 g/mol. The van der Waals surface area contributed by atoms with Crippen LogP contribution in [-0.2, 0) is 19.5 Å². The van der Waals surface area contributed by atoms with E-state index in [1.165, 1.54) is 22.5 Å². The summed E-state index contributed by atoms with van der Waals surface area (Å²) in [5.41, 5.74) is 13.5. The fourth-order valence-electron chi connectivity index (χ4n) is 4.38. The fourth-order valence-corrected chi connectivity index (χ4v) is 5.37. The van der Waals surface area contributed by atoms with Crippen molar-refractivity contribution in [2.24, 2.45) is 0 Å². The first-order valence-corrected chi connectivity index (χ1v) is 11.7. The molecule has 0 unspecified atom stereocenters. The van der Waals surface area contributed by atoms with Crippen LogP contribution in [0.2, 0.25) is 0 Å². The van der Waals surface area contributed by atoms with Gasteiger partial charge in [-0.25, -0.2) is 4.98 Å². The van der Waals surface area contributed by atoms with E-state index in [0.29, 0.717) is 10.6 Å². The van der Waals surface area contributed by atoms with Gasteiger partial charge in [-0.05, 0) is 42.2 Å². The van der Waals surface area contributed by atoms with Gasteiger partial charge in [0.1, 0.15) is 9.71 Å². The van der Waals surface area contributed by atoms with Gasteiger partial charge in [0.2, 0.25) is 0 Å². The Morgan fingerprint density at radius 2 is 1.88 bits per heavy atom. The van der Waals surface area contributed by atoms with E-state index in [9.17, 15) is 4.79 Å². The van der Waals surface area contributed by atoms with Gasteiger partial charge in [-0.3, -0.25) is 9.69 Å². The van der Waals surface area contributed by atoms with Crippen LogP contribution in [0.15, 0.2) is 54.6 Å². The zero-order chi connectivity index (χ0) is 22.2. The van der Waals surface area contributed by atoms with Crippen LogP contribution in [0.3, 0.4) is 0 Å². The highest BCUT2D eigenvalue weighted by atomic mass is 32.1. The molecule has 6 heteroatoms. The van der Waals surface area contributed by atoms with Gasteiger partial charge < -0.3 is 11.1 Å². The molecule has 0 saturated heterocycles. The lowest BCUT2D eigenvalue weighted by Gasteiger charge is -2.28. The lowest BCUT2D eigenvalue weighted by atomic mass is 10.0.